The van der Waals surface area contributed by atoms with Crippen LogP contribution in [0.2, 0.25) is 0 Å². The molecule has 21 heavy (non-hydrogen) atoms. The van der Waals surface area contributed by atoms with Crippen molar-refractivity contribution < 1.29 is 9.53 Å². The summed E-state index contributed by atoms with van der Waals surface area (Å²) in [5.74, 6) is 5.87. The third-order valence-corrected chi connectivity index (χ3v) is 2.99. The SMILES string of the molecule is CC#Cc1cccc(C(=O)NCl)c1COc1ccn(C)n1. The van der Waals surface area contributed by atoms with Gasteiger partial charge in [-0.15, -0.1) is 11.0 Å². The molecule has 1 aromatic heterocycles. The largest absolute Gasteiger partial charge is 0.472 e. The molecule has 5 nitrogen and oxygen atoms in total. The van der Waals surface area contributed by atoms with E-state index in [1.54, 1.807) is 43.0 Å². The molecule has 0 aliphatic rings. The van der Waals surface area contributed by atoms with E-state index < -0.39 is 5.91 Å². The van der Waals surface area contributed by atoms with Crippen molar-refractivity contribution in [3.63, 3.8) is 0 Å². The maximum Gasteiger partial charge on any atom is 0.266 e. The molecule has 2 aromatic rings. The van der Waals surface area contributed by atoms with Crippen LogP contribution in [0, 0.1) is 11.8 Å². The Morgan fingerprint density at radius 1 is 1.48 bits per heavy atom. The number of hydrogen-bond acceptors (Lipinski definition) is 3. The second-order valence-electron chi connectivity index (χ2n) is 4.25. The van der Waals surface area contributed by atoms with Crippen LogP contribution in [-0.4, -0.2) is 15.7 Å². The van der Waals surface area contributed by atoms with Crippen LogP contribution < -0.4 is 9.57 Å². The predicted octanol–water partition coefficient (Wildman–Crippen LogP) is 2.25. The Labute approximate surface area is 128 Å². The van der Waals surface area contributed by atoms with Crippen LogP contribution in [0.3, 0.4) is 0 Å². The van der Waals surface area contributed by atoms with Crippen molar-refractivity contribution >= 4 is 17.7 Å². The summed E-state index contributed by atoms with van der Waals surface area (Å²) >= 11 is 5.42. The molecule has 108 valence electrons. The fourth-order valence-electron chi connectivity index (χ4n) is 1.87. The van der Waals surface area contributed by atoms with Gasteiger partial charge < -0.3 is 4.74 Å². The van der Waals surface area contributed by atoms with Crippen LogP contribution in [0.5, 0.6) is 5.88 Å². The van der Waals surface area contributed by atoms with Crippen LogP contribution in [0.1, 0.15) is 28.4 Å². The van der Waals surface area contributed by atoms with E-state index in [0.717, 1.165) is 5.56 Å². The van der Waals surface area contributed by atoms with Crippen molar-refractivity contribution in [2.75, 3.05) is 0 Å². The van der Waals surface area contributed by atoms with Crippen LogP contribution in [-0.2, 0) is 13.7 Å². The molecule has 2 rings (SSSR count). The molecular weight excluding hydrogens is 290 g/mol. The highest BCUT2D eigenvalue weighted by molar-refractivity contribution is 6.24. The fourth-order valence-corrected chi connectivity index (χ4v) is 1.98. The van der Waals surface area contributed by atoms with Crippen LogP contribution in [0.15, 0.2) is 30.5 Å². The van der Waals surface area contributed by atoms with E-state index in [0.29, 0.717) is 17.0 Å². The summed E-state index contributed by atoms with van der Waals surface area (Å²) in [6.45, 7) is 1.92. The van der Waals surface area contributed by atoms with Crippen molar-refractivity contribution in [3.05, 3.63) is 47.2 Å². The monoisotopic (exact) mass is 303 g/mol. The van der Waals surface area contributed by atoms with Gasteiger partial charge >= 0.3 is 0 Å². The van der Waals surface area contributed by atoms with E-state index >= 15 is 0 Å². The lowest BCUT2D eigenvalue weighted by atomic mass is 10.0. The molecule has 0 fully saturated rings. The van der Waals surface area contributed by atoms with E-state index in [1.165, 1.54) is 0 Å². The minimum Gasteiger partial charge on any atom is -0.472 e. The first-order chi connectivity index (χ1) is 10.2. The summed E-state index contributed by atoms with van der Waals surface area (Å²) in [5, 5.41) is 4.13. The van der Waals surface area contributed by atoms with Gasteiger partial charge in [-0.3, -0.25) is 14.3 Å². The molecule has 0 unspecified atom stereocenters. The maximum atomic E-state index is 11.8. The predicted molar refractivity (Wildman–Crippen MR) is 79.9 cm³/mol. The number of benzene rings is 1. The zero-order valence-electron chi connectivity index (χ0n) is 11.7. The summed E-state index contributed by atoms with van der Waals surface area (Å²) in [7, 11) is 1.80. The number of rotatable bonds is 4. The second kappa shape index (κ2) is 6.82. The Kier molecular flexibility index (Phi) is 4.85. The molecule has 0 bridgehead atoms. The molecule has 0 aliphatic heterocycles. The third kappa shape index (κ3) is 3.56. The molecule has 0 saturated heterocycles. The van der Waals surface area contributed by atoms with E-state index in [2.05, 4.69) is 21.8 Å². The van der Waals surface area contributed by atoms with Crippen molar-refractivity contribution in [2.24, 2.45) is 7.05 Å². The van der Waals surface area contributed by atoms with Crippen LogP contribution >= 0.6 is 11.8 Å². The van der Waals surface area contributed by atoms with Gasteiger partial charge in [-0.25, -0.2) is 0 Å². The molecule has 6 heteroatoms. The lowest BCUT2D eigenvalue weighted by Crippen LogP contribution is -2.17. The molecule has 0 radical (unpaired) electrons. The quantitative estimate of drug-likeness (QED) is 0.696. The number of nitrogens with zero attached hydrogens (tertiary/aromatic N) is 2. The zero-order valence-corrected chi connectivity index (χ0v) is 12.4. The number of hydrogen-bond donors (Lipinski definition) is 1. The zero-order chi connectivity index (χ0) is 15.2. The number of carbonyl (C=O) groups excluding carboxylic acids is 1. The molecule has 0 atom stereocenters. The van der Waals surface area contributed by atoms with E-state index in [4.69, 9.17) is 16.5 Å². The Morgan fingerprint density at radius 2 is 2.29 bits per heavy atom. The van der Waals surface area contributed by atoms with Crippen LogP contribution in [0.4, 0.5) is 0 Å². The number of halogens is 1. The average molecular weight is 304 g/mol. The summed E-state index contributed by atoms with van der Waals surface area (Å²) in [4.78, 5) is 13.9. The van der Waals surface area contributed by atoms with Gasteiger partial charge in [0.25, 0.3) is 5.91 Å². The fraction of sp³-hybridized carbons (Fsp3) is 0.200. The van der Waals surface area contributed by atoms with Gasteiger partial charge in [0.15, 0.2) is 0 Å². The number of aryl methyl sites for hydroxylation is 1. The molecule has 0 aliphatic carbocycles. The number of amides is 1. The lowest BCUT2D eigenvalue weighted by Gasteiger charge is -2.10. The third-order valence-electron chi connectivity index (χ3n) is 2.82. The van der Waals surface area contributed by atoms with E-state index in [1.807, 2.05) is 6.07 Å². The Morgan fingerprint density at radius 3 is 2.90 bits per heavy atom. The molecule has 0 spiro atoms. The van der Waals surface area contributed by atoms with Gasteiger partial charge in [-0.05, 0) is 19.1 Å². The molecule has 0 saturated carbocycles. The summed E-state index contributed by atoms with van der Waals surface area (Å²) < 4.78 is 7.25. The highest BCUT2D eigenvalue weighted by Gasteiger charge is 2.14. The number of carbonyl (C=O) groups is 1. The van der Waals surface area contributed by atoms with Crippen molar-refractivity contribution in [1.82, 2.24) is 14.6 Å². The van der Waals surface area contributed by atoms with Gasteiger partial charge in [0.2, 0.25) is 5.88 Å². The van der Waals surface area contributed by atoms with Gasteiger partial charge in [-0.1, -0.05) is 12.0 Å². The minimum atomic E-state index is -0.393. The highest BCUT2D eigenvalue weighted by Crippen LogP contribution is 2.17. The molecule has 1 N–H and O–H groups in total. The van der Waals surface area contributed by atoms with E-state index in [-0.39, 0.29) is 6.61 Å². The van der Waals surface area contributed by atoms with Crippen LogP contribution in [0.25, 0.3) is 0 Å². The van der Waals surface area contributed by atoms with Gasteiger partial charge in [0.05, 0.1) is 0 Å². The normalized spacial score (nSPS) is 9.67. The van der Waals surface area contributed by atoms with Crippen molar-refractivity contribution in [2.45, 2.75) is 13.5 Å². The number of nitrogens with one attached hydrogen (secondary N) is 1. The summed E-state index contributed by atoms with van der Waals surface area (Å²) in [5.41, 5.74) is 1.84. The van der Waals surface area contributed by atoms with Gasteiger partial charge in [-0.2, -0.15) is 0 Å². The molecular formula is C15H14ClN3O2. The Bertz CT molecular complexity index is 713. The van der Waals surface area contributed by atoms with E-state index in [9.17, 15) is 4.79 Å². The number of ether oxygens (including phenoxy) is 1. The smallest absolute Gasteiger partial charge is 0.266 e. The first-order valence-electron chi connectivity index (χ1n) is 6.23. The standard InChI is InChI=1S/C15H14ClN3O2/c1-3-5-11-6-4-7-12(15(20)17-16)13(11)10-21-14-8-9-19(2)18-14/h4,6-9H,10H2,1-2H3,(H,17,20). The second-order valence-corrected chi connectivity index (χ2v) is 4.44. The molecule has 1 aromatic carbocycles. The first kappa shape index (κ1) is 14.9. The first-order valence-corrected chi connectivity index (χ1v) is 6.61. The molecule has 1 amide bonds. The minimum absolute atomic E-state index is 0.182. The topological polar surface area (TPSA) is 56.1 Å². The average Bonchev–Trinajstić information content (AvgIpc) is 2.91. The summed E-state index contributed by atoms with van der Waals surface area (Å²) in [6.07, 6.45) is 1.78. The Balaban J connectivity index is 2.33. The summed E-state index contributed by atoms with van der Waals surface area (Å²) in [6, 6.07) is 7.01. The Hall–Kier alpha value is -2.45. The molecule has 1 heterocycles. The van der Waals surface area contributed by atoms with Gasteiger partial charge in [0.1, 0.15) is 6.61 Å². The maximum absolute atomic E-state index is 11.8. The highest BCUT2D eigenvalue weighted by atomic mass is 35.5. The number of aromatic nitrogens is 2. The lowest BCUT2D eigenvalue weighted by molar-refractivity contribution is 0.0979. The van der Waals surface area contributed by atoms with Crippen molar-refractivity contribution in [1.29, 1.82) is 0 Å². The van der Waals surface area contributed by atoms with Gasteiger partial charge in [0, 0.05) is 47.8 Å². The van der Waals surface area contributed by atoms with Crippen molar-refractivity contribution in [3.8, 4) is 17.7 Å².